The van der Waals surface area contributed by atoms with Crippen LogP contribution in [-0.2, 0) is 0 Å². The quantitative estimate of drug-likeness (QED) is 0.339. The summed E-state index contributed by atoms with van der Waals surface area (Å²) in [6.07, 6.45) is 3.82. The molecular weight excluding hydrogens is 451 g/mol. The van der Waals surface area contributed by atoms with Crippen LogP contribution >= 0.6 is 22.6 Å². The fraction of sp³-hybridized carbons (Fsp3) is 0.0476. The number of ether oxygens (including phenoxy) is 1. The molecule has 2 heterocycles. The monoisotopic (exact) mass is 466 g/mol. The van der Waals surface area contributed by atoms with E-state index in [1.165, 1.54) is 3.57 Å². The maximum absolute atomic E-state index is 9.69. The van der Waals surface area contributed by atoms with Crippen LogP contribution < -0.4 is 4.74 Å². The lowest BCUT2D eigenvalue weighted by molar-refractivity contribution is 0.415. The van der Waals surface area contributed by atoms with Crippen LogP contribution in [-0.4, -0.2) is 21.6 Å². The van der Waals surface area contributed by atoms with Crippen molar-refractivity contribution in [2.45, 2.75) is 0 Å². The molecule has 0 saturated heterocycles. The minimum absolute atomic E-state index is 0.468. The maximum atomic E-state index is 9.69. The second-order valence-corrected chi connectivity index (χ2v) is 7.16. The molecule has 4 rings (SSSR count). The lowest BCUT2D eigenvalue weighted by Gasteiger charge is -2.07. The van der Waals surface area contributed by atoms with Crippen molar-refractivity contribution < 1.29 is 4.74 Å². The van der Waals surface area contributed by atoms with Crippen molar-refractivity contribution >= 4 is 45.3 Å². The number of hydrogen-bond acceptors (Lipinski definition) is 3. The van der Waals surface area contributed by atoms with E-state index in [0.717, 1.165) is 28.2 Å². The molecule has 0 radical (unpaired) electrons. The van der Waals surface area contributed by atoms with Crippen LogP contribution in [0.25, 0.3) is 28.4 Å². The molecule has 1 N–H and O–H groups in total. The SMILES string of the molecule is COc1ccc2nc(/C(C#N)=C\c3cccn3-c3ccc(I)cc3)[nH]c2c1. The number of benzene rings is 2. The molecule has 0 bridgehead atoms. The molecular formula is C21H15IN4O. The molecule has 0 spiro atoms. The van der Waals surface area contributed by atoms with E-state index in [1.807, 2.05) is 47.2 Å². The van der Waals surface area contributed by atoms with Gasteiger partial charge in [0.05, 0.1) is 23.7 Å². The molecule has 5 nitrogen and oxygen atoms in total. The van der Waals surface area contributed by atoms with E-state index in [0.29, 0.717) is 11.4 Å². The number of methoxy groups -OCH3 is 1. The molecule has 0 saturated carbocycles. The molecule has 0 unspecified atom stereocenters. The first-order valence-corrected chi connectivity index (χ1v) is 9.35. The van der Waals surface area contributed by atoms with Crippen molar-refractivity contribution in [3.05, 3.63) is 75.9 Å². The zero-order valence-corrected chi connectivity index (χ0v) is 16.6. The summed E-state index contributed by atoms with van der Waals surface area (Å²) in [6, 6.07) is 20.0. The first-order chi connectivity index (χ1) is 13.2. The largest absolute Gasteiger partial charge is 0.497 e. The number of allylic oxidation sites excluding steroid dienone is 1. The third kappa shape index (κ3) is 3.46. The zero-order chi connectivity index (χ0) is 18.8. The van der Waals surface area contributed by atoms with E-state index in [2.05, 4.69) is 62.9 Å². The van der Waals surface area contributed by atoms with Crippen LogP contribution in [0.15, 0.2) is 60.8 Å². The van der Waals surface area contributed by atoms with Crippen molar-refractivity contribution in [3.8, 4) is 17.5 Å². The minimum Gasteiger partial charge on any atom is -0.497 e. The Bertz CT molecular complexity index is 1180. The number of imidazole rings is 1. The Morgan fingerprint density at radius 2 is 2.04 bits per heavy atom. The normalized spacial score (nSPS) is 11.5. The molecule has 2 aromatic heterocycles. The number of fused-ring (bicyclic) bond motifs is 1. The van der Waals surface area contributed by atoms with Crippen molar-refractivity contribution in [1.29, 1.82) is 5.26 Å². The van der Waals surface area contributed by atoms with Gasteiger partial charge in [0.1, 0.15) is 17.6 Å². The topological polar surface area (TPSA) is 66.6 Å². The van der Waals surface area contributed by atoms with Gasteiger partial charge in [-0.2, -0.15) is 5.26 Å². The highest BCUT2D eigenvalue weighted by Crippen LogP contribution is 2.24. The number of nitrogens with zero attached hydrogens (tertiary/aromatic N) is 3. The van der Waals surface area contributed by atoms with Crippen molar-refractivity contribution in [3.63, 3.8) is 0 Å². The number of aromatic amines is 1. The van der Waals surface area contributed by atoms with Crippen LogP contribution in [0.2, 0.25) is 0 Å². The molecule has 0 aliphatic carbocycles. The lowest BCUT2D eigenvalue weighted by atomic mass is 10.2. The molecule has 2 aromatic carbocycles. The molecule has 0 amide bonds. The van der Waals surface area contributed by atoms with Gasteiger partial charge in [0.2, 0.25) is 0 Å². The smallest absolute Gasteiger partial charge is 0.149 e. The van der Waals surface area contributed by atoms with E-state index in [1.54, 1.807) is 7.11 Å². The van der Waals surface area contributed by atoms with Crippen LogP contribution in [0, 0.1) is 14.9 Å². The Balaban J connectivity index is 1.76. The average Bonchev–Trinajstić information content (AvgIpc) is 3.32. The van der Waals surface area contributed by atoms with Crippen LogP contribution in [0.3, 0.4) is 0 Å². The van der Waals surface area contributed by atoms with E-state index in [9.17, 15) is 5.26 Å². The Morgan fingerprint density at radius 3 is 2.78 bits per heavy atom. The van der Waals surface area contributed by atoms with Gasteiger partial charge < -0.3 is 14.3 Å². The Morgan fingerprint density at radius 1 is 1.22 bits per heavy atom. The number of halogens is 1. The van der Waals surface area contributed by atoms with Gasteiger partial charge in [0.25, 0.3) is 0 Å². The fourth-order valence-electron chi connectivity index (χ4n) is 2.89. The minimum atomic E-state index is 0.468. The van der Waals surface area contributed by atoms with E-state index in [-0.39, 0.29) is 0 Å². The number of hydrogen-bond donors (Lipinski definition) is 1. The number of nitriles is 1. The summed E-state index contributed by atoms with van der Waals surface area (Å²) in [4.78, 5) is 7.75. The number of H-pyrrole nitrogens is 1. The van der Waals surface area contributed by atoms with Gasteiger partial charge >= 0.3 is 0 Å². The third-order valence-electron chi connectivity index (χ3n) is 4.24. The highest BCUT2D eigenvalue weighted by atomic mass is 127. The summed E-state index contributed by atoms with van der Waals surface area (Å²) in [5.74, 6) is 1.28. The highest BCUT2D eigenvalue weighted by Gasteiger charge is 2.10. The molecule has 6 heteroatoms. The lowest BCUT2D eigenvalue weighted by Crippen LogP contribution is -1.95. The van der Waals surface area contributed by atoms with E-state index >= 15 is 0 Å². The molecule has 4 aromatic rings. The number of rotatable bonds is 4. The van der Waals surface area contributed by atoms with Crippen molar-refractivity contribution in [1.82, 2.24) is 14.5 Å². The first-order valence-electron chi connectivity index (χ1n) is 8.27. The highest BCUT2D eigenvalue weighted by molar-refractivity contribution is 14.1. The van der Waals surface area contributed by atoms with Crippen LogP contribution in [0.1, 0.15) is 11.5 Å². The summed E-state index contributed by atoms with van der Waals surface area (Å²) in [7, 11) is 1.62. The van der Waals surface area contributed by atoms with Gasteiger partial charge in [-0.05, 0) is 77.2 Å². The predicted molar refractivity (Wildman–Crippen MR) is 115 cm³/mol. The third-order valence-corrected chi connectivity index (χ3v) is 4.96. The Labute approximate surface area is 170 Å². The Kier molecular flexibility index (Phi) is 4.69. The summed E-state index contributed by atoms with van der Waals surface area (Å²) in [5, 5.41) is 9.69. The van der Waals surface area contributed by atoms with Gasteiger partial charge in [-0.1, -0.05) is 0 Å². The summed E-state index contributed by atoms with van der Waals surface area (Å²) < 4.78 is 8.46. The van der Waals surface area contributed by atoms with Gasteiger partial charge in [0, 0.05) is 27.2 Å². The van der Waals surface area contributed by atoms with E-state index in [4.69, 9.17) is 4.74 Å². The average molecular weight is 466 g/mol. The zero-order valence-electron chi connectivity index (χ0n) is 14.5. The molecule has 27 heavy (non-hydrogen) atoms. The maximum Gasteiger partial charge on any atom is 0.149 e. The second-order valence-electron chi connectivity index (χ2n) is 5.92. The first kappa shape index (κ1) is 17.4. The molecule has 132 valence electrons. The summed E-state index contributed by atoms with van der Waals surface area (Å²) in [5.41, 5.74) is 4.04. The summed E-state index contributed by atoms with van der Waals surface area (Å²) in [6.45, 7) is 0. The standard InChI is InChI=1S/C21H15IN4O/c1-27-18-8-9-19-20(12-18)25-21(24-19)14(13-23)11-17-3-2-10-26(17)16-6-4-15(22)5-7-16/h2-12H,1H3,(H,24,25)/b14-11-. The second kappa shape index (κ2) is 7.29. The van der Waals surface area contributed by atoms with Gasteiger partial charge in [-0.25, -0.2) is 4.98 Å². The van der Waals surface area contributed by atoms with Crippen LogP contribution in [0.4, 0.5) is 0 Å². The van der Waals surface area contributed by atoms with Gasteiger partial charge in [0.15, 0.2) is 0 Å². The number of aromatic nitrogens is 3. The van der Waals surface area contributed by atoms with E-state index < -0.39 is 0 Å². The van der Waals surface area contributed by atoms with Gasteiger partial charge in [-0.15, -0.1) is 0 Å². The molecule has 0 atom stereocenters. The number of nitrogens with one attached hydrogen (secondary N) is 1. The fourth-order valence-corrected chi connectivity index (χ4v) is 3.25. The van der Waals surface area contributed by atoms with Gasteiger partial charge in [-0.3, -0.25) is 0 Å². The predicted octanol–water partition coefficient (Wildman–Crippen LogP) is 5.03. The molecule has 0 aliphatic heterocycles. The molecule has 0 fully saturated rings. The van der Waals surface area contributed by atoms with Crippen molar-refractivity contribution in [2.24, 2.45) is 0 Å². The van der Waals surface area contributed by atoms with Crippen LogP contribution in [0.5, 0.6) is 5.75 Å². The summed E-state index contributed by atoms with van der Waals surface area (Å²) >= 11 is 2.28. The Hall–Kier alpha value is -3.05. The molecule has 0 aliphatic rings. The van der Waals surface area contributed by atoms with Crippen molar-refractivity contribution in [2.75, 3.05) is 7.11 Å².